The first-order valence-electron chi connectivity index (χ1n) is 8.66. The van der Waals surface area contributed by atoms with Gasteiger partial charge in [0.15, 0.2) is 0 Å². The molecule has 1 unspecified atom stereocenters. The lowest BCUT2D eigenvalue weighted by Crippen LogP contribution is -2.52. The molecule has 2 saturated heterocycles. The van der Waals surface area contributed by atoms with Gasteiger partial charge in [-0.15, -0.1) is 0 Å². The summed E-state index contributed by atoms with van der Waals surface area (Å²) in [6, 6.07) is 0.578. The van der Waals surface area contributed by atoms with Gasteiger partial charge in [0.1, 0.15) is 0 Å². The van der Waals surface area contributed by atoms with Crippen LogP contribution in [-0.2, 0) is 9.53 Å². The molecular weight excluding hydrogens is 266 g/mol. The molecule has 3 fully saturated rings. The van der Waals surface area contributed by atoms with Crippen LogP contribution in [0.1, 0.15) is 38.5 Å². The number of amides is 1. The van der Waals surface area contributed by atoms with Crippen LogP contribution in [0.3, 0.4) is 0 Å². The molecule has 5 heteroatoms. The molecule has 0 bridgehead atoms. The number of nitrogens with one attached hydrogen (secondary N) is 1. The van der Waals surface area contributed by atoms with Crippen LogP contribution in [0.2, 0.25) is 0 Å². The maximum absolute atomic E-state index is 12.2. The molecule has 1 saturated carbocycles. The molecule has 3 rings (SSSR count). The first-order chi connectivity index (χ1) is 10.3. The van der Waals surface area contributed by atoms with Crippen molar-refractivity contribution in [3.05, 3.63) is 0 Å². The fourth-order valence-electron chi connectivity index (χ4n) is 3.73. The van der Waals surface area contributed by atoms with E-state index in [1.165, 1.54) is 38.5 Å². The molecule has 0 radical (unpaired) electrons. The maximum atomic E-state index is 12.2. The highest BCUT2D eigenvalue weighted by Crippen LogP contribution is 2.17. The van der Waals surface area contributed by atoms with Crippen LogP contribution in [0, 0.1) is 0 Å². The smallest absolute Gasteiger partial charge is 0.236 e. The van der Waals surface area contributed by atoms with Crippen LogP contribution < -0.4 is 5.32 Å². The van der Waals surface area contributed by atoms with E-state index in [4.69, 9.17) is 4.74 Å². The van der Waals surface area contributed by atoms with E-state index < -0.39 is 0 Å². The fourth-order valence-corrected chi connectivity index (χ4v) is 3.73. The van der Waals surface area contributed by atoms with Crippen molar-refractivity contribution >= 4 is 5.91 Å². The molecule has 1 N–H and O–H groups in total. The lowest BCUT2D eigenvalue weighted by molar-refractivity contribution is -0.132. The lowest BCUT2D eigenvalue weighted by atomic mass is 10.2. The third-order valence-electron chi connectivity index (χ3n) is 5.11. The molecule has 2 heterocycles. The standard InChI is InChI=1S/C16H29N3O2/c20-16(12-17-14-4-1-2-5-14)19-9-7-18(8-10-19)13-15-6-3-11-21-15/h14-15,17H,1-13H2. The quantitative estimate of drug-likeness (QED) is 0.816. The zero-order chi connectivity index (χ0) is 14.5. The summed E-state index contributed by atoms with van der Waals surface area (Å²) in [6.45, 7) is 6.23. The van der Waals surface area contributed by atoms with Gasteiger partial charge in [0.25, 0.3) is 0 Å². The van der Waals surface area contributed by atoms with Crippen LogP contribution in [0.5, 0.6) is 0 Å². The van der Waals surface area contributed by atoms with E-state index in [9.17, 15) is 4.79 Å². The highest BCUT2D eigenvalue weighted by molar-refractivity contribution is 5.78. The fraction of sp³-hybridized carbons (Fsp3) is 0.938. The maximum Gasteiger partial charge on any atom is 0.236 e. The van der Waals surface area contributed by atoms with Crippen LogP contribution in [0.4, 0.5) is 0 Å². The van der Waals surface area contributed by atoms with Crippen LogP contribution >= 0.6 is 0 Å². The summed E-state index contributed by atoms with van der Waals surface area (Å²) in [7, 11) is 0. The third-order valence-corrected chi connectivity index (χ3v) is 5.11. The van der Waals surface area contributed by atoms with Gasteiger partial charge in [-0.1, -0.05) is 12.8 Å². The average molecular weight is 295 g/mol. The predicted octanol–water partition coefficient (Wildman–Crippen LogP) is 0.842. The van der Waals surface area contributed by atoms with Crippen molar-refractivity contribution in [1.82, 2.24) is 15.1 Å². The number of ether oxygens (including phenoxy) is 1. The highest BCUT2D eigenvalue weighted by atomic mass is 16.5. The van der Waals surface area contributed by atoms with Gasteiger partial charge in [0.05, 0.1) is 12.6 Å². The third kappa shape index (κ3) is 4.41. The molecule has 0 aromatic heterocycles. The first kappa shape index (κ1) is 15.3. The van der Waals surface area contributed by atoms with Crippen molar-refractivity contribution in [1.29, 1.82) is 0 Å². The molecule has 2 aliphatic heterocycles. The molecule has 21 heavy (non-hydrogen) atoms. The number of carbonyl (C=O) groups excluding carboxylic acids is 1. The number of nitrogens with zero attached hydrogens (tertiary/aromatic N) is 2. The Bertz CT molecular complexity index is 330. The predicted molar refractivity (Wildman–Crippen MR) is 82.3 cm³/mol. The summed E-state index contributed by atoms with van der Waals surface area (Å²) < 4.78 is 5.69. The van der Waals surface area contributed by atoms with Crippen LogP contribution in [0.15, 0.2) is 0 Å². The molecule has 1 atom stereocenters. The Morgan fingerprint density at radius 3 is 2.48 bits per heavy atom. The minimum absolute atomic E-state index is 0.277. The zero-order valence-corrected chi connectivity index (χ0v) is 13.1. The summed E-state index contributed by atoms with van der Waals surface area (Å²) in [5.41, 5.74) is 0. The normalized spacial score (nSPS) is 28.4. The lowest BCUT2D eigenvalue weighted by Gasteiger charge is -2.36. The minimum atomic E-state index is 0.277. The van der Waals surface area contributed by atoms with Gasteiger partial charge < -0.3 is 15.0 Å². The van der Waals surface area contributed by atoms with E-state index in [-0.39, 0.29) is 5.91 Å². The number of hydrogen-bond donors (Lipinski definition) is 1. The van der Waals surface area contributed by atoms with Gasteiger partial charge in [-0.3, -0.25) is 9.69 Å². The second-order valence-corrected chi connectivity index (χ2v) is 6.68. The Balaban J connectivity index is 1.33. The Kier molecular flexibility index (Phi) is 5.49. The van der Waals surface area contributed by atoms with Gasteiger partial charge in [-0.25, -0.2) is 0 Å². The summed E-state index contributed by atoms with van der Waals surface area (Å²) in [5.74, 6) is 0.277. The summed E-state index contributed by atoms with van der Waals surface area (Å²) in [6.07, 6.45) is 7.93. The summed E-state index contributed by atoms with van der Waals surface area (Å²) in [4.78, 5) is 16.7. The van der Waals surface area contributed by atoms with Crippen LogP contribution in [-0.4, -0.2) is 73.7 Å². The molecular formula is C16H29N3O2. The highest BCUT2D eigenvalue weighted by Gasteiger charge is 2.25. The van der Waals surface area contributed by atoms with Crippen molar-refractivity contribution in [3.8, 4) is 0 Å². The number of rotatable bonds is 5. The summed E-state index contributed by atoms with van der Waals surface area (Å²) in [5, 5.41) is 3.42. The van der Waals surface area contributed by atoms with Gasteiger partial charge >= 0.3 is 0 Å². The Hall–Kier alpha value is -0.650. The first-order valence-corrected chi connectivity index (χ1v) is 8.66. The molecule has 5 nitrogen and oxygen atoms in total. The summed E-state index contributed by atoms with van der Waals surface area (Å²) >= 11 is 0. The van der Waals surface area contributed by atoms with Gasteiger partial charge in [-0.2, -0.15) is 0 Å². The second-order valence-electron chi connectivity index (χ2n) is 6.68. The van der Waals surface area contributed by atoms with Crippen molar-refractivity contribution in [2.75, 3.05) is 45.9 Å². The van der Waals surface area contributed by atoms with E-state index in [2.05, 4.69) is 10.2 Å². The number of piperazine rings is 1. The SMILES string of the molecule is O=C(CNC1CCCC1)N1CCN(CC2CCCO2)CC1. The minimum Gasteiger partial charge on any atom is -0.377 e. The Labute approximate surface area is 128 Å². The van der Waals surface area contributed by atoms with Crippen molar-refractivity contribution in [2.24, 2.45) is 0 Å². The molecule has 1 amide bonds. The van der Waals surface area contributed by atoms with Gasteiger partial charge in [0, 0.05) is 45.4 Å². The zero-order valence-electron chi connectivity index (χ0n) is 13.1. The molecule has 1 aliphatic carbocycles. The van der Waals surface area contributed by atoms with E-state index in [1.54, 1.807) is 0 Å². The number of hydrogen-bond acceptors (Lipinski definition) is 4. The largest absolute Gasteiger partial charge is 0.377 e. The topological polar surface area (TPSA) is 44.8 Å². The van der Waals surface area contributed by atoms with E-state index in [0.717, 1.165) is 39.3 Å². The van der Waals surface area contributed by atoms with Crippen molar-refractivity contribution in [2.45, 2.75) is 50.7 Å². The van der Waals surface area contributed by atoms with Crippen molar-refractivity contribution in [3.63, 3.8) is 0 Å². The van der Waals surface area contributed by atoms with Gasteiger partial charge in [0.2, 0.25) is 5.91 Å². The molecule has 120 valence electrons. The molecule has 0 aromatic carbocycles. The number of carbonyl (C=O) groups is 1. The molecule has 3 aliphatic rings. The van der Waals surface area contributed by atoms with E-state index in [1.807, 2.05) is 4.90 Å². The van der Waals surface area contributed by atoms with Crippen LogP contribution in [0.25, 0.3) is 0 Å². The van der Waals surface area contributed by atoms with E-state index in [0.29, 0.717) is 18.7 Å². The Morgan fingerprint density at radius 1 is 1.05 bits per heavy atom. The van der Waals surface area contributed by atoms with E-state index >= 15 is 0 Å². The van der Waals surface area contributed by atoms with Crippen molar-refractivity contribution < 1.29 is 9.53 Å². The average Bonchev–Trinajstić information content (AvgIpc) is 3.19. The Morgan fingerprint density at radius 2 is 1.81 bits per heavy atom. The second kappa shape index (κ2) is 7.56. The molecule has 0 aromatic rings. The molecule has 0 spiro atoms. The monoisotopic (exact) mass is 295 g/mol. The van der Waals surface area contributed by atoms with Gasteiger partial charge in [-0.05, 0) is 25.7 Å².